The lowest BCUT2D eigenvalue weighted by Gasteiger charge is -2.16. The van der Waals surface area contributed by atoms with Gasteiger partial charge in [-0.15, -0.1) is 0 Å². The normalized spacial score (nSPS) is 14.6. The molecule has 0 radical (unpaired) electrons. The average molecular weight is 229 g/mol. The molecule has 0 bridgehead atoms. The highest BCUT2D eigenvalue weighted by atomic mass is 19.1. The van der Waals surface area contributed by atoms with Crippen LogP contribution in [0.15, 0.2) is 23.4 Å². The predicted molar refractivity (Wildman–Crippen MR) is 62.7 cm³/mol. The number of rotatable bonds is 5. The Hall–Kier alpha value is -1.32. The first-order valence-electron chi connectivity index (χ1n) is 5.30. The van der Waals surface area contributed by atoms with Crippen molar-refractivity contribution in [3.63, 3.8) is 0 Å². The Morgan fingerprint density at radius 1 is 1.50 bits per heavy atom. The van der Waals surface area contributed by atoms with Gasteiger partial charge in [0.2, 0.25) is 0 Å². The van der Waals surface area contributed by atoms with Crippen LogP contribution in [0.2, 0.25) is 0 Å². The van der Waals surface area contributed by atoms with Gasteiger partial charge in [-0.2, -0.15) is 0 Å². The van der Waals surface area contributed by atoms with Crippen molar-refractivity contribution in [2.45, 2.75) is 26.9 Å². The Morgan fingerprint density at radius 3 is 2.38 bits per heavy atom. The van der Waals surface area contributed by atoms with E-state index in [4.69, 9.17) is 4.74 Å². The monoisotopic (exact) mass is 229 g/mol. The summed E-state index contributed by atoms with van der Waals surface area (Å²) >= 11 is 0. The molecule has 0 N–H and O–H groups in total. The molecule has 0 aliphatic carbocycles. The van der Waals surface area contributed by atoms with Gasteiger partial charge in [0.25, 0.3) is 0 Å². The fourth-order valence-corrected chi connectivity index (χ4v) is 1.16. The molecule has 1 unspecified atom stereocenters. The lowest BCUT2D eigenvalue weighted by atomic mass is 10.1. The minimum absolute atomic E-state index is 0.306. The standard InChI is InChI=1S/C12H20FNO2/c1-6-10(9(3)13)8-11(14(4)5)12(15)16-7-2/h6,8-9H,7H2,1-5H3/b10-6-,11-8-. The highest BCUT2D eigenvalue weighted by Gasteiger charge is 2.14. The molecule has 1 atom stereocenters. The maximum atomic E-state index is 13.2. The first kappa shape index (κ1) is 14.7. The Balaban J connectivity index is 5.05. The van der Waals surface area contributed by atoms with Gasteiger partial charge in [0.1, 0.15) is 11.9 Å². The number of halogens is 1. The van der Waals surface area contributed by atoms with Gasteiger partial charge < -0.3 is 9.64 Å². The molecule has 0 amide bonds. The number of hydrogen-bond donors (Lipinski definition) is 0. The lowest BCUT2D eigenvalue weighted by Crippen LogP contribution is -2.22. The number of allylic oxidation sites excluding steroid dienone is 3. The third-order valence-corrected chi connectivity index (χ3v) is 2.06. The third kappa shape index (κ3) is 4.47. The number of nitrogens with zero attached hydrogens (tertiary/aromatic N) is 1. The Bertz CT molecular complexity index is 293. The van der Waals surface area contributed by atoms with E-state index < -0.39 is 12.1 Å². The van der Waals surface area contributed by atoms with E-state index in [0.29, 0.717) is 17.9 Å². The molecule has 0 saturated heterocycles. The summed E-state index contributed by atoms with van der Waals surface area (Å²) in [7, 11) is 3.44. The van der Waals surface area contributed by atoms with Gasteiger partial charge in [-0.1, -0.05) is 6.08 Å². The molecule has 0 aliphatic heterocycles. The molecule has 0 aromatic carbocycles. The van der Waals surface area contributed by atoms with Crippen LogP contribution in [0.1, 0.15) is 20.8 Å². The van der Waals surface area contributed by atoms with Gasteiger partial charge in [0.15, 0.2) is 0 Å². The summed E-state index contributed by atoms with van der Waals surface area (Å²) in [6, 6.07) is 0. The summed E-state index contributed by atoms with van der Waals surface area (Å²) in [6.45, 7) is 5.21. The van der Waals surface area contributed by atoms with Crippen molar-refractivity contribution in [3.05, 3.63) is 23.4 Å². The van der Waals surface area contributed by atoms with Crippen LogP contribution in [0.4, 0.5) is 4.39 Å². The molecule has 0 heterocycles. The molecule has 0 aromatic rings. The molecule has 0 rings (SSSR count). The van der Waals surface area contributed by atoms with E-state index in [-0.39, 0.29) is 0 Å². The molecule has 0 spiro atoms. The molecule has 92 valence electrons. The summed E-state index contributed by atoms with van der Waals surface area (Å²) in [4.78, 5) is 13.2. The molecule has 0 fully saturated rings. The number of likely N-dealkylation sites (N-methyl/N-ethyl adjacent to an activating group) is 1. The molecular weight excluding hydrogens is 209 g/mol. The number of ether oxygens (including phenoxy) is 1. The second-order valence-electron chi connectivity index (χ2n) is 3.55. The van der Waals surface area contributed by atoms with Crippen LogP contribution in [0.5, 0.6) is 0 Å². The minimum atomic E-state index is -1.10. The topological polar surface area (TPSA) is 29.5 Å². The van der Waals surface area contributed by atoms with Crippen LogP contribution in [0, 0.1) is 0 Å². The Morgan fingerprint density at radius 2 is 2.06 bits per heavy atom. The van der Waals surface area contributed by atoms with Crippen LogP contribution in [0.3, 0.4) is 0 Å². The van der Waals surface area contributed by atoms with Crippen LogP contribution in [-0.4, -0.2) is 37.7 Å². The maximum Gasteiger partial charge on any atom is 0.354 e. The summed E-state index contributed by atoms with van der Waals surface area (Å²) in [6.07, 6.45) is 2.06. The van der Waals surface area contributed by atoms with Crippen LogP contribution in [-0.2, 0) is 9.53 Å². The van der Waals surface area contributed by atoms with Crippen LogP contribution < -0.4 is 0 Å². The molecule has 16 heavy (non-hydrogen) atoms. The van der Waals surface area contributed by atoms with Crippen molar-refractivity contribution in [3.8, 4) is 0 Å². The zero-order valence-corrected chi connectivity index (χ0v) is 10.6. The zero-order chi connectivity index (χ0) is 12.7. The highest BCUT2D eigenvalue weighted by molar-refractivity contribution is 5.88. The molecule has 4 heteroatoms. The van der Waals surface area contributed by atoms with Crippen molar-refractivity contribution in [2.75, 3.05) is 20.7 Å². The summed E-state index contributed by atoms with van der Waals surface area (Å²) in [5, 5.41) is 0. The van der Waals surface area contributed by atoms with Crippen molar-refractivity contribution in [1.29, 1.82) is 0 Å². The average Bonchev–Trinajstić information content (AvgIpc) is 2.18. The third-order valence-electron chi connectivity index (χ3n) is 2.06. The van der Waals surface area contributed by atoms with Crippen molar-refractivity contribution >= 4 is 5.97 Å². The quantitative estimate of drug-likeness (QED) is 0.411. The Labute approximate surface area is 96.6 Å². The van der Waals surface area contributed by atoms with Gasteiger partial charge in [0.05, 0.1) is 6.61 Å². The molecule has 0 aromatic heterocycles. The molecule has 0 saturated carbocycles. The Kier molecular flexibility index (Phi) is 6.46. The lowest BCUT2D eigenvalue weighted by molar-refractivity contribution is -0.140. The summed E-state index contributed by atoms with van der Waals surface area (Å²) in [5.74, 6) is -0.437. The second-order valence-corrected chi connectivity index (χ2v) is 3.55. The number of carbonyl (C=O) groups is 1. The van der Waals surface area contributed by atoms with E-state index in [1.165, 1.54) is 13.0 Å². The molecule has 0 aliphatic rings. The van der Waals surface area contributed by atoms with Gasteiger partial charge in [-0.05, 0) is 32.4 Å². The van der Waals surface area contributed by atoms with E-state index in [2.05, 4.69) is 0 Å². The van der Waals surface area contributed by atoms with Crippen molar-refractivity contribution in [1.82, 2.24) is 4.90 Å². The van der Waals surface area contributed by atoms with E-state index in [1.807, 2.05) is 0 Å². The van der Waals surface area contributed by atoms with Crippen molar-refractivity contribution in [2.24, 2.45) is 0 Å². The van der Waals surface area contributed by atoms with Crippen molar-refractivity contribution < 1.29 is 13.9 Å². The van der Waals surface area contributed by atoms with E-state index in [0.717, 1.165) is 0 Å². The fourth-order valence-electron chi connectivity index (χ4n) is 1.16. The molecule has 3 nitrogen and oxygen atoms in total. The number of esters is 1. The first-order chi connectivity index (χ1) is 7.43. The van der Waals surface area contributed by atoms with E-state index >= 15 is 0 Å². The fraction of sp³-hybridized carbons (Fsp3) is 0.583. The van der Waals surface area contributed by atoms with Gasteiger partial charge >= 0.3 is 5.97 Å². The SMILES string of the molecule is C/C=C(/C=C(/C(=O)OCC)N(C)C)C(C)F. The number of carbonyl (C=O) groups excluding carboxylic acids is 1. The first-order valence-corrected chi connectivity index (χ1v) is 5.30. The predicted octanol–water partition coefficient (Wildman–Crippen LogP) is 2.30. The van der Waals surface area contributed by atoms with Crippen LogP contribution >= 0.6 is 0 Å². The maximum absolute atomic E-state index is 13.2. The second kappa shape index (κ2) is 7.04. The summed E-state index contributed by atoms with van der Waals surface area (Å²) in [5.41, 5.74) is 0.816. The smallest absolute Gasteiger partial charge is 0.354 e. The largest absolute Gasteiger partial charge is 0.461 e. The number of hydrogen-bond acceptors (Lipinski definition) is 3. The highest BCUT2D eigenvalue weighted by Crippen LogP contribution is 2.13. The number of alkyl halides is 1. The van der Waals surface area contributed by atoms with Gasteiger partial charge in [-0.3, -0.25) is 0 Å². The minimum Gasteiger partial charge on any atom is -0.461 e. The van der Waals surface area contributed by atoms with E-state index in [1.54, 1.807) is 38.9 Å². The van der Waals surface area contributed by atoms with Crippen LogP contribution in [0.25, 0.3) is 0 Å². The van der Waals surface area contributed by atoms with Gasteiger partial charge in [0, 0.05) is 14.1 Å². The summed E-state index contributed by atoms with van der Waals surface area (Å²) < 4.78 is 18.0. The van der Waals surface area contributed by atoms with Gasteiger partial charge in [-0.25, -0.2) is 9.18 Å². The molecular formula is C12H20FNO2. The zero-order valence-electron chi connectivity index (χ0n) is 10.6. The van der Waals surface area contributed by atoms with E-state index in [9.17, 15) is 9.18 Å².